The molecule has 0 spiro atoms. The molecule has 3 rings (SSSR count). The molecule has 6 nitrogen and oxygen atoms in total. The molecule has 2 aromatic rings. The highest BCUT2D eigenvalue weighted by atomic mass is 35.5. The number of hydrogen-bond acceptors (Lipinski definition) is 4. The molecule has 106 valence electrons. The Kier molecular flexibility index (Phi) is 2.95. The van der Waals surface area contributed by atoms with E-state index in [0.717, 1.165) is 0 Å². The normalized spacial score (nSPS) is 13.9. The van der Waals surface area contributed by atoms with Gasteiger partial charge in [0.2, 0.25) is 0 Å². The SMILES string of the molecule is O=C=C1Nc2c([nH]c3cc(Cl)cc(Cl)c23)C(O)=C1C(=O)O. The molecule has 0 radical (unpaired) electrons. The van der Waals surface area contributed by atoms with Crippen molar-refractivity contribution in [2.24, 2.45) is 0 Å². The minimum Gasteiger partial charge on any atom is -0.505 e. The summed E-state index contributed by atoms with van der Waals surface area (Å²) in [6, 6.07) is 3.07. The van der Waals surface area contributed by atoms with Gasteiger partial charge < -0.3 is 20.5 Å². The van der Waals surface area contributed by atoms with Gasteiger partial charge >= 0.3 is 5.97 Å². The molecule has 0 saturated heterocycles. The molecule has 1 aliphatic rings. The smallest absolute Gasteiger partial charge is 0.342 e. The van der Waals surface area contributed by atoms with Crippen LogP contribution in [0.15, 0.2) is 23.4 Å². The van der Waals surface area contributed by atoms with Crippen LogP contribution in [0.4, 0.5) is 5.69 Å². The van der Waals surface area contributed by atoms with Crippen LogP contribution in [0.2, 0.25) is 10.0 Å². The number of carboxylic acid groups (broad SMARTS) is 1. The molecule has 0 saturated carbocycles. The van der Waals surface area contributed by atoms with Gasteiger partial charge in [0.1, 0.15) is 17.0 Å². The lowest BCUT2D eigenvalue weighted by molar-refractivity contribution is -0.132. The number of halogens is 2. The second kappa shape index (κ2) is 4.56. The van der Waals surface area contributed by atoms with E-state index in [9.17, 15) is 14.7 Å². The third-order valence-electron chi connectivity index (χ3n) is 3.10. The van der Waals surface area contributed by atoms with Crippen LogP contribution in [-0.4, -0.2) is 27.1 Å². The van der Waals surface area contributed by atoms with Gasteiger partial charge in [0, 0.05) is 10.4 Å². The van der Waals surface area contributed by atoms with Crippen LogP contribution >= 0.6 is 23.2 Å². The molecule has 0 atom stereocenters. The number of carbonyl (C=O) groups is 1. The maximum atomic E-state index is 11.2. The Balaban J connectivity index is 2.42. The zero-order chi connectivity index (χ0) is 15.3. The highest BCUT2D eigenvalue weighted by Gasteiger charge is 2.31. The lowest BCUT2D eigenvalue weighted by atomic mass is 10.0. The molecule has 2 heterocycles. The van der Waals surface area contributed by atoms with E-state index in [1.165, 1.54) is 12.0 Å². The summed E-state index contributed by atoms with van der Waals surface area (Å²) in [5.74, 6) is -0.558. The number of nitrogens with one attached hydrogen (secondary N) is 2. The number of anilines is 1. The number of aliphatic hydroxyl groups excluding tert-OH is 1. The zero-order valence-electron chi connectivity index (χ0n) is 10.1. The van der Waals surface area contributed by atoms with E-state index in [1.54, 1.807) is 6.07 Å². The van der Waals surface area contributed by atoms with Crippen molar-refractivity contribution >= 4 is 57.5 Å². The first-order valence-electron chi connectivity index (χ1n) is 5.64. The van der Waals surface area contributed by atoms with Gasteiger partial charge in [-0.25, -0.2) is 9.59 Å². The van der Waals surface area contributed by atoms with Gasteiger partial charge in [0.05, 0.1) is 16.2 Å². The van der Waals surface area contributed by atoms with Crippen molar-refractivity contribution in [3.63, 3.8) is 0 Å². The predicted molar refractivity (Wildman–Crippen MR) is 78.3 cm³/mol. The average molecular weight is 325 g/mol. The number of hydrogen-bond donors (Lipinski definition) is 4. The van der Waals surface area contributed by atoms with E-state index in [2.05, 4.69) is 10.3 Å². The fraction of sp³-hybridized carbons (Fsp3) is 0. The fourth-order valence-electron chi connectivity index (χ4n) is 2.27. The number of H-pyrrole nitrogens is 1. The largest absolute Gasteiger partial charge is 0.505 e. The number of aromatic nitrogens is 1. The van der Waals surface area contributed by atoms with E-state index in [-0.39, 0.29) is 11.4 Å². The van der Waals surface area contributed by atoms with Crippen molar-refractivity contribution in [1.29, 1.82) is 0 Å². The molecule has 0 bridgehead atoms. The van der Waals surface area contributed by atoms with Crippen molar-refractivity contribution in [2.75, 3.05) is 5.32 Å². The third kappa shape index (κ3) is 1.89. The molecule has 0 unspecified atom stereocenters. The van der Waals surface area contributed by atoms with Crippen LogP contribution < -0.4 is 5.32 Å². The first kappa shape index (κ1) is 13.6. The Morgan fingerprint density at radius 1 is 1.29 bits per heavy atom. The van der Waals surface area contributed by atoms with Crippen molar-refractivity contribution < 1.29 is 19.8 Å². The van der Waals surface area contributed by atoms with Gasteiger partial charge in [-0.2, -0.15) is 0 Å². The topological polar surface area (TPSA) is 102 Å². The highest BCUT2D eigenvalue weighted by Crippen LogP contribution is 2.42. The summed E-state index contributed by atoms with van der Waals surface area (Å²) >= 11 is 12.0. The number of aliphatic carboxylic acids is 1. The summed E-state index contributed by atoms with van der Waals surface area (Å²) in [6.45, 7) is 0. The van der Waals surface area contributed by atoms with Crippen LogP contribution in [0.5, 0.6) is 0 Å². The Bertz CT molecular complexity index is 891. The summed E-state index contributed by atoms with van der Waals surface area (Å²) in [5.41, 5.74) is -0.0304. The number of aromatic amines is 1. The molecule has 1 aliphatic heterocycles. The third-order valence-corrected chi connectivity index (χ3v) is 3.62. The van der Waals surface area contributed by atoms with E-state index in [1.807, 2.05) is 0 Å². The van der Waals surface area contributed by atoms with Crippen molar-refractivity contribution in [2.45, 2.75) is 0 Å². The fourth-order valence-corrected chi connectivity index (χ4v) is 2.85. The van der Waals surface area contributed by atoms with Gasteiger partial charge in [0.25, 0.3) is 0 Å². The second-order valence-corrected chi connectivity index (χ2v) is 5.16. The number of aliphatic hydroxyl groups is 1. The average Bonchev–Trinajstić information content (AvgIpc) is 2.76. The molecule has 0 aliphatic carbocycles. The number of carboxylic acids is 1. The molecule has 0 amide bonds. The van der Waals surface area contributed by atoms with Crippen LogP contribution in [0.3, 0.4) is 0 Å². The molecular formula is C13H6Cl2N2O4. The van der Waals surface area contributed by atoms with Crippen molar-refractivity contribution in [3.8, 4) is 0 Å². The maximum absolute atomic E-state index is 11.2. The molecule has 8 heteroatoms. The van der Waals surface area contributed by atoms with Gasteiger partial charge in [-0.15, -0.1) is 0 Å². The van der Waals surface area contributed by atoms with Crippen molar-refractivity contribution in [3.05, 3.63) is 39.1 Å². The first-order valence-corrected chi connectivity index (χ1v) is 6.39. The number of fused-ring (bicyclic) bond motifs is 3. The predicted octanol–water partition coefficient (Wildman–Crippen LogP) is 2.97. The van der Waals surface area contributed by atoms with Crippen LogP contribution in [0, 0.1) is 0 Å². The summed E-state index contributed by atoms with van der Waals surface area (Å²) in [5, 5.41) is 23.0. The molecule has 1 aromatic heterocycles. The Morgan fingerprint density at radius 3 is 2.62 bits per heavy atom. The number of benzene rings is 1. The summed E-state index contributed by atoms with van der Waals surface area (Å²) in [7, 11) is 0. The first-order chi connectivity index (χ1) is 9.93. The zero-order valence-corrected chi connectivity index (χ0v) is 11.6. The number of rotatable bonds is 1. The minimum atomic E-state index is -1.45. The van der Waals surface area contributed by atoms with Crippen LogP contribution in [-0.2, 0) is 9.59 Å². The van der Waals surface area contributed by atoms with Crippen LogP contribution in [0.25, 0.3) is 16.7 Å². The molecule has 21 heavy (non-hydrogen) atoms. The van der Waals surface area contributed by atoms with E-state index >= 15 is 0 Å². The minimum absolute atomic E-state index is 0.116. The van der Waals surface area contributed by atoms with Gasteiger partial charge in [0.15, 0.2) is 11.7 Å². The molecule has 4 N–H and O–H groups in total. The van der Waals surface area contributed by atoms with E-state index in [0.29, 0.717) is 26.6 Å². The monoisotopic (exact) mass is 324 g/mol. The van der Waals surface area contributed by atoms with Crippen LogP contribution in [0.1, 0.15) is 5.69 Å². The van der Waals surface area contributed by atoms with Crippen molar-refractivity contribution in [1.82, 2.24) is 4.98 Å². The Hall–Kier alpha value is -2.40. The second-order valence-electron chi connectivity index (χ2n) is 4.32. The quantitative estimate of drug-likeness (QED) is 0.604. The lowest BCUT2D eigenvalue weighted by Gasteiger charge is -2.17. The Morgan fingerprint density at radius 2 is 2.00 bits per heavy atom. The summed E-state index contributed by atoms with van der Waals surface area (Å²) in [4.78, 5) is 24.9. The van der Waals surface area contributed by atoms with Gasteiger partial charge in [-0.05, 0) is 12.1 Å². The summed E-state index contributed by atoms with van der Waals surface area (Å²) in [6.07, 6.45) is 0. The van der Waals surface area contributed by atoms with E-state index in [4.69, 9.17) is 28.3 Å². The van der Waals surface area contributed by atoms with E-state index < -0.39 is 17.3 Å². The molecule has 0 fully saturated rings. The molecule has 1 aromatic carbocycles. The summed E-state index contributed by atoms with van der Waals surface area (Å²) < 4.78 is 0. The lowest BCUT2D eigenvalue weighted by Crippen LogP contribution is -2.18. The number of carbonyl (C=O) groups excluding carboxylic acids is 1. The van der Waals surface area contributed by atoms with Gasteiger partial charge in [-0.1, -0.05) is 23.2 Å². The molecular weight excluding hydrogens is 319 g/mol. The standard InChI is InChI=1S/C13H6Cl2N2O4/c14-4-1-5(15)8-6(2-4)16-11-10(8)17-7(3-18)9(12(11)19)13(20)21/h1-2,16-17,19H,(H,20,21). The van der Waals surface area contributed by atoms with Gasteiger partial charge in [-0.3, -0.25) is 0 Å². The highest BCUT2D eigenvalue weighted by molar-refractivity contribution is 6.40. The Labute approximate surface area is 127 Å². The maximum Gasteiger partial charge on any atom is 0.342 e.